The van der Waals surface area contributed by atoms with Crippen molar-refractivity contribution in [2.24, 2.45) is 9.50 Å². The number of amides is 1. The van der Waals surface area contributed by atoms with Crippen LogP contribution in [-0.2, 0) is 25.0 Å². The number of carbonyl (C=O) groups excluding carboxylic acids is 1. The van der Waals surface area contributed by atoms with Crippen molar-refractivity contribution in [3.8, 4) is 0 Å². The van der Waals surface area contributed by atoms with Crippen LogP contribution < -0.4 is 5.32 Å². The van der Waals surface area contributed by atoms with E-state index in [1.807, 2.05) is 32.0 Å². The van der Waals surface area contributed by atoms with Gasteiger partial charge < -0.3 is 10.1 Å². The number of amidine groups is 1. The molecule has 2 aliphatic heterocycles. The fraction of sp³-hybridized carbons (Fsp3) is 0.348. The van der Waals surface area contributed by atoms with Gasteiger partial charge in [0.05, 0.1) is 24.8 Å². The number of carbonyl (C=O) groups is 1. The molecular formula is C23H25BrN4O4S. The van der Waals surface area contributed by atoms with Crippen LogP contribution >= 0.6 is 15.9 Å². The molecule has 2 heterocycles. The summed E-state index contributed by atoms with van der Waals surface area (Å²) in [6, 6.07) is 10.7. The van der Waals surface area contributed by atoms with E-state index in [1.165, 1.54) is 5.01 Å². The largest absolute Gasteiger partial charge is 0.383 e. The van der Waals surface area contributed by atoms with Crippen molar-refractivity contribution in [1.29, 1.82) is 0 Å². The SMILES string of the molecule is CCC1(CC)C(=O)Nc2ccc(/C=N/N(CCOC)C3=NS(=O)(=O)c4cc(Br)ccc43)cc21. The second-order valence-corrected chi connectivity index (χ2v) is 10.4. The summed E-state index contributed by atoms with van der Waals surface area (Å²) in [6.45, 7) is 4.68. The van der Waals surface area contributed by atoms with Crippen LogP contribution in [0.2, 0.25) is 0 Å². The summed E-state index contributed by atoms with van der Waals surface area (Å²) < 4.78 is 35.1. The topological polar surface area (TPSA) is 100 Å². The standard InChI is InChI=1S/C23H25BrN4O4S/c1-4-23(5-2)18-12-15(6-9-19(18)26-22(23)29)14-25-28(10-11-32-3)21-17-8-7-16(24)13-20(17)33(30,31)27-21/h6-9,12-14H,4-5,10-11H2,1-3H3,(H,26,29)/b25-14+. The van der Waals surface area contributed by atoms with E-state index in [9.17, 15) is 13.2 Å². The number of nitrogens with zero attached hydrogens (tertiary/aromatic N) is 3. The van der Waals surface area contributed by atoms with E-state index < -0.39 is 15.4 Å². The second kappa shape index (κ2) is 9.00. The lowest BCUT2D eigenvalue weighted by Gasteiger charge is -2.24. The molecule has 0 atom stereocenters. The molecule has 2 aromatic rings. The highest BCUT2D eigenvalue weighted by molar-refractivity contribution is 9.10. The van der Waals surface area contributed by atoms with E-state index in [1.54, 1.807) is 31.5 Å². The number of fused-ring (bicyclic) bond motifs is 2. The van der Waals surface area contributed by atoms with Crippen LogP contribution in [0, 0.1) is 0 Å². The molecule has 0 aromatic heterocycles. The zero-order valence-electron chi connectivity index (χ0n) is 18.6. The number of benzene rings is 2. The number of hydrogen-bond donors (Lipinski definition) is 1. The molecule has 174 valence electrons. The molecule has 0 unspecified atom stereocenters. The maximum absolute atomic E-state index is 12.6. The number of ether oxygens (including phenoxy) is 1. The summed E-state index contributed by atoms with van der Waals surface area (Å²) in [5, 5.41) is 9.07. The quantitative estimate of drug-likeness (QED) is 0.430. The molecule has 0 saturated heterocycles. The third kappa shape index (κ3) is 4.11. The van der Waals surface area contributed by atoms with Crippen LogP contribution in [-0.4, -0.2) is 51.6 Å². The van der Waals surface area contributed by atoms with Crippen molar-refractivity contribution >= 4 is 49.6 Å². The minimum Gasteiger partial charge on any atom is -0.383 e. The highest BCUT2D eigenvalue weighted by Gasteiger charge is 2.43. The van der Waals surface area contributed by atoms with Gasteiger partial charge in [-0.15, -0.1) is 4.40 Å². The number of rotatable bonds is 7. The second-order valence-electron chi connectivity index (χ2n) is 7.94. The minimum atomic E-state index is -3.81. The summed E-state index contributed by atoms with van der Waals surface area (Å²) in [6.07, 6.45) is 3.05. The van der Waals surface area contributed by atoms with Crippen LogP contribution in [0.25, 0.3) is 0 Å². The van der Waals surface area contributed by atoms with Gasteiger partial charge in [0.15, 0.2) is 5.84 Å². The molecule has 0 radical (unpaired) electrons. The highest BCUT2D eigenvalue weighted by atomic mass is 79.9. The van der Waals surface area contributed by atoms with Gasteiger partial charge in [-0.05, 0) is 54.3 Å². The molecule has 1 amide bonds. The Bertz CT molecular complexity index is 1270. The van der Waals surface area contributed by atoms with Gasteiger partial charge in [-0.1, -0.05) is 35.8 Å². The first-order chi connectivity index (χ1) is 15.8. The number of nitrogens with one attached hydrogen (secondary N) is 1. The van der Waals surface area contributed by atoms with Crippen LogP contribution in [0.15, 0.2) is 55.3 Å². The van der Waals surface area contributed by atoms with Gasteiger partial charge in [-0.3, -0.25) is 4.79 Å². The molecule has 0 bridgehead atoms. The third-order valence-corrected chi connectivity index (χ3v) is 8.02. The number of sulfonamides is 1. The Morgan fingerprint density at radius 2 is 1.97 bits per heavy atom. The maximum Gasteiger partial charge on any atom is 0.285 e. The van der Waals surface area contributed by atoms with Crippen molar-refractivity contribution in [2.45, 2.75) is 37.0 Å². The summed E-state index contributed by atoms with van der Waals surface area (Å²) >= 11 is 3.32. The Morgan fingerprint density at radius 1 is 1.21 bits per heavy atom. The Kier molecular flexibility index (Phi) is 6.43. The Balaban J connectivity index is 1.71. The van der Waals surface area contributed by atoms with Gasteiger partial charge in [0.1, 0.15) is 4.90 Å². The molecule has 4 rings (SSSR count). The molecule has 8 nitrogen and oxygen atoms in total. The number of methoxy groups -OCH3 is 1. The van der Waals surface area contributed by atoms with E-state index in [0.717, 1.165) is 16.8 Å². The fourth-order valence-electron chi connectivity index (χ4n) is 4.29. The first kappa shape index (κ1) is 23.6. The molecule has 2 aliphatic rings. The molecule has 10 heteroatoms. The van der Waals surface area contributed by atoms with Crippen LogP contribution in [0.5, 0.6) is 0 Å². The molecule has 0 saturated carbocycles. The summed E-state index contributed by atoms with van der Waals surface area (Å²) in [5.41, 5.74) is 2.52. The number of hydrazone groups is 1. The Hall–Kier alpha value is -2.56. The molecule has 1 N–H and O–H groups in total. The average molecular weight is 533 g/mol. The lowest BCUT2D eigenvalue weighted by atomic mass is 9.76. The minimum absolute atomic E-state index is 0.0200. The van der Waals surface area contributed by atoms with Crippen molar-refractivity contribution < 1.29 is 17.9 Å². The van der Waals surface area contributed by atoms with Crippen LogP contribution in [0.1, 0.15) is 43.4 Å². The zero-order chi connectivity index (χ0) is 23.8. The normalized spacial score (nSPS) is 17.6. The number of halogens is 1. The smallest absolute Gasteiger partial charge is 0.285 e. The van der Waals surface area contributed by atoms with Gasteiger partial charge >= 0.3 is 0 Å². The lowest BCUT2D eigenvalue weighted by molar-refractivity contribution is -0.121. The summed E-state index contributed by atoms with van der Waals surface area (Å²) in [7, 11) is -2.24. The maximum atomic E-state index is 12.6. The Labute approximate surface area is 201 Å². The van der Waals surface area contributed by atoms with E-state index in [-0.39, 0.29) is 16.6 Å². The van der Waals surface area contributed by atoms with Gasteiger partial charge in [0, 0.05) is 22.8 Å². The number of anilines is 1. The fourth-order valence-corrected chi connectivity index (χ4v) is 6.03. The first-order valence-corrected chi connectivity index (χ1v) is 12.9. The van der Waals surface area contributed by atoms with Crippen LogP contribution in [0.4, 0.5) is 5.69 Å². The molecule has 2 aromatic carbocycles. The number of hydrogen-bond acceptors (Lipinski definition) is 6. The lowest BCUT2D eigenvalue weighted by Crippen LogP contribution is -2.32. The van der Waals surface area contributed by atoms with Crippen LogP contribution in [0.3, 0.4) is 0 Å². The predicted molar refractivity (Wildman–Crippen MR) is 131 cm³/mol. The first-order valence-electron chi connectivity index (χ1n) is 10.7. The molecule has 0 spiro atoms. The monoisotopic (exact) mass is 532 g/mol. The highest BCUT2D eigenvalue weighted by Crippen LogP contribution is 2.43. The molecule has 33 heavy (non-hydrogen) atoms. The van der Waals surface area contributed by atoms with E-state index in [0.29, 0.717) is 36.0 Å². The third-order valence-electron chi connectivity index (χ3n) is 6.22. The molecule has 0 fully saturated rings. The summed E-state index contributed by atoms with van der Waals surface area (Å²) in [5.74, 6) is 0.270. The van der Waals surface area contributed by atoms with Gasteiger partial charge in [-0.2, -0.15) is 13.5 Å². The van der Waals surface area contributed by atoms with Crippen molar-refractivity contribution in [1.82, 2.24) is 5.01 Å². The molecule has 0 aliphatic carbocycles. The predicted octanol–water partition coefficient (Wildman–Crippen LogP) is 3.89. The van der Waals surface area contributed by atoms with Crippen molar-refractivity contribution in [3.63, 3.8) is 0 Å². The van der Waals surface area contributed by atoms with E-state index in [2.05, 4.69) is 30.7 Å². The van der Waals surface area contributed by atoms with Gasteiger partial charge in [0.2, 0.25) is 5.91 Å². The van der Waals surface area contributed by atoms with Crippen molar-refractivity contribution in [2.75, 3.05) is 25.6 Å². The van der Waals surface area contributed by atoms with E-state index >= 15 is 0 Å². The van der Waals surface area contributed by atoms with Crippen molar-refractivity contribution in [3.05, 3.63) is 57.6 Å². The van der Waals surface area contributed by atoms with Gasteiger partial charge in [0.25, 0.3) is 10.0 Å². The Morgan fingerprint density at radius 3 is 2.67 bits per heavy atom. The molecular weight excluding hydrogens is 508 g/mol. The summed E-state index contributed by atoms with van der Waals surface area (Å²) in [4.78, 5) is 12.8. The van der Waals surface area contributed by atoms with Gasteiger partial charge in [-0.25, -0.2) is 5.01 Å². The van der Waals surface area contributed by atoms with E-state index in [4.69, 9.17) is 4.74 Å². The average Bonchev–Trinajstić information content (AvgIpc) is 3.23. The zero-order valence-corrected chi connectivity index (χ0v) is 21.0.